The van der Waals surface area contributed by atoms with Gasteiger partial charge < -0.3 is 5.32 Å². The maximum Gasteiger partial charge on any atom is 0.244 e. The molecular formula is C9H15BrN4O4S2. The van der Waals surface area contributed by atoms with Gasteiger partial charge in [0.05, 0.1) is 5.75 Å². The van der Waals surface area contributed by atoms with E-state index in [2.05, 4.69) is 35.7 Å². The van der Waals surface area contributed by atoms with Gasteiger partial charge in [-0.2, -0.15) is 0 Å². The lowest BCUT2D eigenvalue weighted by Gasteiger charge is -2.10. The molecule has 0 spiro atoms. The topological polar surface area (TPSA) is 117 Å². The minimum absolute atomic E-state index is 0.0590. The molecule has 114 valence electrons. The molecule has 0 aliphatic rings. The molecule has 0 fully saturated rings. The maximum atomic E-state index is 12.1. The molecule has 0 bridgehead atoms. The number of sulfonamides is 2. The Kier molecular flexibility index (Phi) is 5.89. The van der Waals surface area contributed by atoms with Gasteiger partial charge in [0.15, 0.2) is 0 Å². The molecule has 0 radical (unpaired) electrons. The third-order valence-electron chi connectivity index (χ3n) is 2.32. The van der Waals surface area contributed by atoms with Crippen LogP contribution in [0.25, 0.3) is 0 Å². The van der Waals surface area contributed by atoms with Crippen molar-refractivity contribution < 1.29 is 16.8 Å². The van der Waals surface area contributed by atoms with Gasteiger partial charge in [-0.3, -0.25) is 0 Å². The van der Waals surface area contributed by atoms with E-state index in [1.807, 2.05) is 0 Å². The minimum Gasteiger partial charge on any atom is -0.372 e. The zero-order valence-electron chi connectivity index (χ0n) is 10.8. The number of rotatable bonds is 7. The summed E-state index contributed by atoms with van der Waals surface area (Å²) in [6, 6.07) is 1.38. The van der Waals surface area contributed by atoms with Crippen molar-refractivity contribution in [3.8, 4) is 0 Å². The zero-order chi connectivity index (χ0) is 15.4. The van der Waals surface area contributed by atoms with E-state index >= 15 is 0 Å². The Labute approximate surface area is 126 Å². The van der Waals surface area contributed by atoms with Crippen LogP contribution in [-0.2, 0) is 20.0 Å². The molecule has 1 aromatic rings. The van der Waals surface area contributed by atoms with Crippen LogP contribution >= 0.6 is 15.9 Å². The molecule has 0 aromatic carbocycles. The van der Waals surface area contributed by atoms with E-state index in [0.29, 0.717) is 4.47 Å². The van der Waals surface area contributed by atoms with E-state index in [-0.39, 0.29) is 23.0 Å². The molecule has 0 aliphatic heterocycles. The highest BCUT2D eigenvalue weighted by atomic mass is 79.9. The van der Waals surface area contributed by atoms with Crippen molar-refractivity contribution in [1.29, 1.82) is 0 Å². The molecule has 11 heteroatoms. The first-order valence-corrected chi connectivity index (χ1v) is 9.39. The molecule has 0 atom stereocenters. The first kappa shape index (κ1) is 17.3. The van der Waals surface area contributed by atoms with Gasteiger partial charge in [0.25, 0.3) is 0 Å². The van der Waals surface area contributed by atoms with Gasteiger partial charge >= 0.3 is 0 Å². The predicted octanol–water partition coefficient (Wildman–Crippen LogP) is -0.287. The third kappa shape index (κ3) is 4.66. The van der Waals surface area contributed by atoms with Crippen molar-refractivity contribution in [1.82, 2.24) is 14.4 Å². The number of hydrogen-bond donors (Lipinski definition) is 3. The summed E-state index contributed by atoms with van der Waals surface area (Å²) in [4.78, 5) is 3.87. The summed E-state index contributed by atoms with van der Waals surface area (Å²) in [5.74, 6) is -0.170. The van der Waals surface area contributed by atoms with E-state index in [1.54, 1.807) is 7.05 Å². The average molecular weight is 387 g/mol. The van der Waals surface area contributed by atoms with Gasteiger partial charge in [0, 0.05) is 24.3 Å². The summed E-state index contributed by atoms with van der Waals surface area (Å²) < 4.78 is 51.5. The average Bonchev–Trinajstić information content (AvgIpc) is 2.38. The fourth-order valence-corrected chi connectivity index (χ4v) is 3.71. The van der Waals surface area contributed by atoms with Crippen molar-refractivity contribution in [3.63, 3.8) is 0 Å². The smallest absolute Gasteiger partial charge is 0.244 e. The Morgan fingerprint density at radius 1 is 1.25 bits per heavy atom. The highest BCUT2D eigenvalue weighted by molar-refractivity contribution is 9.10. The van der Waals surface area contributed by atoms with E-state index in [1.165, 1.54) is 19.3 Å². The molecule has 8 nitrogen and oxygen atoms in total. The van der Waals surface area contributed by atoms with Gasteiger partial charge in [-0.25, -0.2) is 31.3 Å². The predicted molar refractivity (Wildman–Crippen MR) is 79.5 cm³/mol. The van der Waals surface area contributed by atoms with Crippen molar-refractivity contribution in [2.45, 2.75) is 4.90 Å². The molecule has 3 N–H and O–H groups in total. The molecule has 20 heavy (non-hydrogen) atoms. The summed E-state index contributed by atoms with van der Waals surface area (Å²) >= 11 is 3.14. The van der Waals surface area contributed by atoms with Gasteiger partial charge in [0.2, 0.25) is 20.0 Å². The Morgan fingerprint density at radius 3 is 2.45 bits per heavy atom. The standard InChI is InChI=1S/C9H15BrN4O4S2/c1-11-9-8(5-7(10)6-13-9)20(17,18)14-3-4-19(15,16)12-2/h5-6,12,14H,3-4H2,1-2H3,(H,11,13). The number of aromatic nitrogens is 1. The van der Waals surface area contributed by atoms with Crippen LogP contribution in [0.3, 0.4) is 0 Å². The van der Waals surface area contributed by atoms with Crippen LogP contribution in [0.1, 0.15) is 0 Å². The van der Waals surface area contributed by atoms with Crippen LogP contribution in [0.5, 0.6) is 0 Å². The fourth-order valence-electron chi connectivity index (χ4n) is 1.30. The second-order valence-corrected chi connectivity index (χ2v) is 8.37. The highest BCUT2D eigenvalue weighted by Crippen LogP contribution is 2.22. The normalized spacial score (nSPS) is 12.3. The monoisotopic (exact) mass is 386 g/mol. The first-order valence-electron chi connectivity index (χ1n) is 5.46. The van der Waals surface area contributed by atoms with Crippen LogP contribution in [0.15, 0.2) is 21.6 Å². The summed E-state index contributed by atoms with van der Waals surface area (Å²) in [5.41, 5.74) is 0. The van der Waals surface area contributed by atoms with Crippen LogP contribution < -0.4 is 14.8 Å². The molecule has 0 saturated carbocycles. The van der Waals surface area contributed by atoms with Crippen molar-refractivity contribution in [2.75, 3.05) is 31.7 Å². The van der Waals surface area contributed by atoms with Crippen LogP contribution in [0, 0.1) is 0 Å². The molecule has 0 unspecified atom stereocenters. The maximum absolute atomic E-state index is 12.1. The first-order chi connectivity index (χ1) is 9.22. The van der Waals surface area contributed by atoms with E-state index < -0.39 is 20.0 Å². The number of hydrogen-bond acceptors (Lipinski definition) is 6. The quantitative estimate of drug-likeness (QED) is 0.592. The molecule has 1 rings (SSSR count). The van der Waals surface area contributed by atoms with Crippen molar-refractivity contribution >= 4 is 41.8 Å². The summed E-state index contributed by atoms with van der Waals surface area (Å²) in [7, 11) is -4.51. The molecular weight excluding hydrogens is 372 g/mol. The molecule has 0 aliphatic carbocycles. The van der Waals surface area contributed by atoms with Gasteiger partial charge in [-0.05, 0) is 29.0 Å². The summed E-state index contributed by atoms with van der Waals surface area (Å²) in [6.45, 7) is -0.235. The van der Waals surface area contributed by atoms with Gasteiger partial charge in [-0.1, -0.05) is 0 Å². The van der Waals surface area contributed by atoms with E-state index in [0.717, 1.165) is 0 Å². The van der Waals surface area contributed by atoms with E-state index in [4.69, 9.17) is 0 Å². The SMILES string of the molecule is CNc1ncc(Br)cc1S(=O)(=O)NCCS(=O)(=O)NC. The Morgan fingerprint density at radius 2 is 1.90 bits per heavy atom. The Bertz CT molecular complexity index is 675. The second-order valence-electron chi connectivity index (χ2n) is 3.67. The Balaban J connectivity index is 2.92. The molecule has 0 amide bonds. The van der Waals surface area contributed by atoms with E-state index in [9.17, 15) is 16.8 Å². The van der Waals surface area contributed by atoms with Gasteiger partial charge in [0.1, 0.15) is 10.7 Å². The number of nitrogens with one attached hydrogen (secondary N) is 3. The van der Waals surface area contributed by atoms with Crippen LogP contribution in [-0.4, -0.2) is 48.2 Å². The zero-order valence-corrected chi connectivity index (χ0v) is 14.1. The van der Waals surface area contributed by atoms with Crippen LogP contribution in [0.2, 0.25) is 0 Å². The lowest BCUT2D eigenvalue weighted by molar-refractivity contribution is 0.578. The number of pyridine rings is 1. The summed E-state index contributed by atoms with van der Waals surface area (Å²) in [5, 5.41) is 2.67. The van der Waals surface area contributed by atoms with Crippen LogP contribution in [0.4, 0.5) is 5.82 Å². The van der Waals surface area contributed by atoms with Crippen molar-refractivity contribution in [2.24, 2.45) is 0 Å². The largest absolute Gasteiger partial charge is 0.372 e. The third-order valence-corrected chi connectivity index (χ3v) is 5.59. The number of nitrogens with zero attached hydrogens (tertiary/aromatic N) is 1. The molecule has 1 aromatic heterocycles. The Hall–Kier alpha value is -0.750. The number of anilines is 1. The molecule has 0 saturated heterocycles. The second kappa shape index (κ2) is 6.80. The fraction of sp³-hybridized carbons (Fsp3) is 0.444. The minimum atomic E-state index is -3.85. The number of halogens is 1. The molecule has 1 heterocycles. The van der Waals surface area contributed by atoms with Gasteiger partial charge in [-0.15, -0.1) is 0 Å². The summed E-state index contributed by atoms with van der Waals surface area (Å²) in [6.07, 6.45) is 1.45. The highest BCUT2D eigenvalue weighted by Gasteiger charge is 2.20. The lowest BCUT2D eigenvalue weighted by atomic mass is 10.4. The lowest BCUT2D eigenvalue weighted by Crippen LogP contribution is -2.33. The van der Waals surface area contributed by atoms with Crippen molar-refractivity contribution in [3.05, 3.63) is 16.7 Å².